The molecule has 0 radical (unpaired) electrons. The van der Waals surface area contributed by atoms with Crippen molar-refractivity contribution in [2.75, 3.05) is 32.9 Å². The Morgan fingerprint density at radius 2 is 1.13 bits per heavy atom. The van der Waals surface area contributed by atoms with Crippen LogP contribution in [0, 0.1) is 0 Å². The average Bonchev–Trinajstić information content (AvgIpc) is 2.40. The third-order valence-corrected chi connectivity index (χ3v) is 23.9. The van der Waals surface area contributed by atoms with Crippen molar-refractivity contribution in [1.82, 2.24) is 0 Å². The molecule has 6 nitrogen and oxygen atoms in total. The Balaban J connectivity index is 5.41. The first-order chi connectivity index (χ1) is 13.3. The summed E-state index contributed by atoms with van der Waals surface area (Å²) in [4.78, 5) is 0. The van der Waals surface area contributed by atoms with Crippen molar-refractivity contribution in [1.29, 1.82) is 0 Å². The zero-order valence-electron chi connectivity index (χ0n) is 22.6. The van der Waals surface area contributed by atoms with Crippen LogP contribution >= 0.6 is 0 Å². The van der Waals surface area contributed by atoms with Crippen LogP contribution < -0.4 is 0 Å². The summed E-state index contributed by atoms with van der Waals surface area (Å²) in [6.45, 7) is 26.6. The van der Waals surface area contributed by atoms with Crippen molar-refractivity contribution in [3.8, 4) is 0 Å². The molecule has 0 aromatic heterocycles. The van der Waals surface area contributed by atoms with Crippen molar-refractivity contribution in [3.63, 3.8) is 0 Å². The van der Waals surface area contributed by atoms with Gasteiger partial charge in [0.25, 0.3) is 0 Å². The van der Waals surface area contributed by atoms with E-state index >= 15 is 0 Å². The molecule has 0 saturated carbocycles. The summed E-state index contributed by atoms with van der Waals surface area (Å²) in [6.07, 6.45) is 1.36. The maximum atomic E-state index is 10.9. The molecule has 188 valence electrons. The van der Waals surface area contributed by atoms with E-state index in [2.05, 4.69) is 88.4 Å². The number of quaternary nitrogens is 1. The molecule has 0 aliphatic heterocycles. The normalized spacial score (nSPS) is 15.4. The van der Waals surface area contributed by atoms with E-state index in [-0.39, 0.29) is 15.8 Å². The summed E-state index contributed by atoms with van der Waals surface area (Å²) < 4.78 is 47.5. The zero-order valence-corrected chi connectivity index (χ0v) is 26.5. The SMILES string of the molecule is CC(C)(C)[Si](C)(C)O[Si](C)(CCC[N+](C)(C)CCCS(=O)(=O)[O-])O[Si](C)(C)C(C)(C)C. The second-order valence-electron chi connectivity index (χ2n) is 13.0. The van der Waals surface area contributed by atoms with Gasteiger partial charge < -0.3 is 17.3 Å². The van der Waals surface area contributed by atoms with Crippen LogP contribution in [-0.4, -0.2) is 75.6 Å². The topological polar surface area (TPSA) is 75.7 Å². The Labute approximate surface area is 196 Å². The molecular formula is C21H51NO5SSi3. The third kappa shape index (κ3) is 11.4. The largest absolute Gasteiger partial charge is 0.748 e. The van der Waals surface area contributed by atoms with Crippen LogP contribution in [0.4, 0.5) is 0 Å². The Morgan fingerprint density at radius 1 is 0.774 bits per heavy atom. The van der Waals surface area contributed by atoms with E-state index in [1.807, 2.05) is 0 Å². The summed E-state index contributed by atoms with van der Waals surface area (Å²) in [7, 11) is -6.35. The molecule has 0 amide bonds. The Hall–Kier alpha value is 0.441. The van der Waals surface area contributed by atoms with Crippen LogP contribution in [0.5, 0.6) is 0 Å². The van der Waals surface area contributed by atoms with Gasteiger partial charge in [0.1, 0.15) is 0 Å². The minimum absolute atomic E-state index is 0.122. The highest BCUT2D eigenvalue weighted by Crippen LogP contribution is 2.43. The molecule has 0 aliphatic rings. The molecule has 0 rings (SSSR count). The molecule has 0 heterocycles. The van der Waals surface area contributed by atoms with Gasteiger partial charge in [-0.3, -0.25) is 0 Å². The van der Waals surface area contributed by atoms with Gasteiger partial charge in [-0.1, -0.05) is 41.5 Å². The van der Waals surface area contributed by atoms with Gasteiger partial charge in [0.2, 0.25) is 0 Å². The van der Waals surface area contributed by atoms with Gasteiger partial charge in [0.05, 0.1) is 37.3 Å². The molecular weight excluding hydrogens is 463 g/mol. The van der Waals surface area contributed by atoms with Crippen molar-refractivity contribution in [2.45, 2.75) is 103 Å². The van der Waals surface area contributed by atoms with Crippen molar-refractivity contribution >= 4 is 35.3 Å². The van der Waals surface area contributed by atoms with E-state index in [1.54, 1.807) is 0 Å². The Kier molecular flexibility index (Phi) is 10.5. The highest BCUT2D eigenvalue weighted by atomic mass is 32.2. The second kappa shape index (κ2) is 10.4. The highest BCUT2D eigenvalue weighted by Gasteiger charge is 2.50. The smallest absolute Gasteiger partial charge is 0.314 e. The lowest BCUT2D eigenvalue weighted by Crippen LogP contribution is -2.59. The number of rotatable bonds is 12. The van der Waals surface area contributed by atoms with Gasteiger partial charge >= 0.3 is 8.56 Å². The van der Waals surface area contributed by atoms with E-state index in [0.29, 0.717) is 17.4 Å². The summed E-state index contributed by atoms with van der Waals surface area (Å²) in [6, 6.07) is 0.924. The quantitative estimate of drug-likeness (QED) is 0.195. The fourth-order valence-electron chi connectivity index (χ4n) is 3.12. The van der Waals surface area contributed by atoms with E-state index in [4.69, 9.17) is 8.23 Å². The van der Waals surface area contributed by atoms with Gasteiger partial charge in [-0.25, -0.2) is 8.42 Å². The fraction of sp³-hybridized carbons (Fsp3) is 1.00. The molecule has 0 spiro atoms. The van der Waals surface area contributed by atoms with Crippen molar-refractivity contribution in [2.24, 2.45) is 0 Å². The molecule has 0 unspecified atom stereocenters. The van der Waals surface area contributed by atoms with Crippen LogP contribution in [0.3, 0.4) is 0 Å². The molecule has 0 fully saturated rings. The van der Waals surface area contributed by atoms with Crippen LogP contribution in [0.25, 0.3) is 0 Å². The lowest BCUT2D eigenvalue weighted by molar-refractivity contribution is -0.890. The number of hydrogen-bond donors (Lipinski definition) is 0. The third-order valence-electron chi connectivity index (χ3n) is 7.11. The van der Waals surface area contributed by atoms with Crippen LogP contribution in [0.1, 0.15) is 54.4 Å². The lowest BCUT2D eigenvalue weighted by atomic mass is 10.2. The summed E-state index contributed by atoms with van der Waals surface area (Å²) in [5, 5.41) is 0.244. The summed E-state index contributed by atoms with van der Waals surface area (Å²) >= 11 is 0. The molecule has 10 heteroatoms. The maximum Gasteiger partial charge on any atom is 0.314 e. The first-order valence-corrected chi connectivity index (χ1v) is 21.4. The lowest BCUT2D eigenvalue weighted by Gasteiger charge is -2.48. The first kappa shape index (κ1) is 31.4. The van der Waals surface area contributed by atoms with E-state index in [9.17, 15) is 13.0 Å². The standard InChI is InChI=1S/C21H51NO5SSi3/c1-20(2,3)29(9,10)26-31(13,27-30(11,12)21(4,5)6)19-15-17-22(7,8)16-14-18-28(23,24)25/h14-19H2,1-13H3. The fourth-order valence-corrected chi connectivity index (χ4v) is 16.8. The van der Waals surface area contributed by atoms with Gasteiger partial charge in [-0.15, -0.1) is 0 Å². The predicted octanol–water partition coefficient (Wildman–Crippen LogP) is 5.50. The molecule has 0 saturated heterocycles. The van der Waals surface area contributed by atoms with Crippen molar-refractivity contribution in [3.05, 3.63) is 0 Å². The zero-order chi connectivity index (χ0) is 25.2. The van der Waals surface area contributed by atoms with Crippen LogP contribution in [0.15, 0.2) is 0 Å². The summed E-state index contributed by atoms with van der Waals surface area (Å²) in [5.74, 6) is -0.288. The Bertz CT molecular complexity index is 652. The van der Waals surface area contributed by atoms with E-state index in [0.717, 1.165) is 19.0 Å². The van der Waals surface area contributed by atoms with Gasteiger partial charge in [-0.2, -0.15) is 0 Å². The first-order valence-electron chi connectivity index (χ1n) is 11.5. The molecule has 0 aliphatic carbocycles. The molecule has 0 aromatic carbocycles. The maximum absolute atomic E-state index is 10.9. The molecule has 0 N–H and O–H groups in total. The minimum atomic E-state index is -4.14. The second-order valence-corrected chi connectivity index (χ2v) is 27.9. The number of nitrogens with zero attached hydrogens (tertiary/aromatic N) is 1. The van der Waals surface area contributed by atoms with Gasteiger partial charge in [0, 0.05) is 12.2 Å². The summed E-state index contributed by atoms with van der Waals surface area (Å²) in [5.41, 5.74) is 0. The molecule has 31 heavy (non-hydrogen) atoms. The molecule has 0 atom stereocenters. The monoisotopic (exact) mass is 513 g/mol. The Morgan fingerprint density at radius 3 is 1.45 bits per heavy atom. The molecule has 0 aromatic rings. The van der Waals surface area contributed by atoms with Crippen LogP contribution in [-0.2, 0) is 18.3 Å². The number of hydrogen-bond acceptors (Lipinski definition) is 5. The van der Waals surface area contributed by atoms with Gasteiger partial charge in [-0.05, 0) is 55.3 Å². The van der Waals surface area contributed by atoms with E-state index < -0.39 is 35.3 Å². The molecule has 0 bridgehead atoms. The predicted molar refractivity (Wildman–Crippen MR) is 139 cm³/mol. The highest BCUT2D eigenvalue weighted by molar-refractivity contribution is 7.85. The minimum Gasteiger partial charge on any atom is -0.748 e. The van der Waals surface area contributed by atoms with Crippen LogP contribution in [0.2, 0.25) is 48.9 Å². The van der Waals surface area contributed by atoms with Crippen molar-refractivity contribution < 1.29 is 25.7 Å². The van der Waals surface area contributed by atoms with Gasteiger partial charge in [0.15, 0.2) is 16.6 Å². The average molecular weight is 514 g/mol. The van der Waals surface area contributed by atoms with E-state index in [1.165, 1.54) is 0 Å².